The molecular weight excluding hydrogens is 334 g/mol. The van der Waals surface area contributed by atoms with E-state index < -0.39 is 0 Å². The third-order valence-corrected chi connectivity index (χ3v) is 6.95. The molecule has 1 aliphatic carbocycles. The van der Waals surface area contributed by atoms with Gasteiger partial charge in [-0.1, -0.05) is 12.8 Å². The molecule has 2 fully saturated rings. The molecule has 0 bridgehead atoms. The van der Waals surface area contributed by atoms with Gasteiger partial charge in [-0.05, 0) is 50.2 Å². The number of nitrogens with one attached hydrogen (secondary N) is 1. The van der Waals surface area contributed by atoms with Crippen LogP contribution in [0.15, 0.2) is 6.07 Å². The van der Waals surface area contributed by atoms with Crippen molar-refractivity contribution in [3.8, 4) is 0 Å². The zero-order valence-electron chi connectivity index (χ0n) is 14.8. The molecule has 2 saturated heterocycles. The predicted molar refractivity (Wildman–Crippen MR) is 99.2 cm³/mol. The summed E-state index contributed by atoms with van der Waals surface area (Å²) in [6.45, 7) is 2.97. The van der Waals surface area contributed by atoms with Crippen molar-refractivity contribution in [2.75, 3.05) is 26.2 Å². The van der Waals surface area contributed by atoms with Gasteiger partial charge >= 0.3 is 6.03 Å². The summed E-state index contributed by atoms with van der Waals surface area (Å²) in [5.41, 5.74) is 1.40. The van der Waals surface area contributed by atoms with Crippen molar-refractivity contribution in [1.29, 1.82) is 0 Å². The lowest BCUT2D eigenvalue weighted by Crippen LogP contribution is -2.50. The minimum Gasteiger partial charge on any atom is -0.336 e. The lowest BCUT2D eigenvalue weighted by Gasteiger charge is -2.36. The van der Waals surface area contributed by atoms with Crippen LogP contribution >= 0.6 is 11.3 Å². The van der Waals surface area contributed by atoms with Crippen molar-refractivity contribution in [3.63, 3.8) is 0 Å². The van der Waals surface area contributed by atoms with E-state index in [2.05, 4.69) is 11.4 Å². The van der Waals surface area contributed by atoms with Crippen LogP contribution in [0, 0.1) is 0 Å². The summed E-state index contributed by atoms with van der Waals surface area (Å²) in [7, 11) is 0. The lowest BCUT2D eigenvalue weighted by atomic mass is 9.99. The molecule has 1 aromatic heterocycles. The van der Waals surface area contributed by atoms with Gasteiger partial charge in [0.2, 0.25) is 0 Å². The van der Waals surface area contributed by atoms with Crippen LogP contribution in [0.5, 0.6) is 0 Å². The molecule has 3 heterocycles. The van der Waals surface area contributed by atoms with E-state index in [-0.39, 0.29) is 18.0 Å². The topological polar surface area (TPSA) is 52.7 Å². The van der Waals surface area contributed by atoms with Gasteiger partial charge in [-0.15, -0.1) is 11.3 Å². The number of urea groups is 1. The van der Waals surface area contributed by atoms with E-state index in [0.717, 1.165) is 50.2 Å². The molecule has 0 aromatic carbocycles. The molecule has 0 saturated carbocycles. The Balaban J connectivity index is 1.46. The molecule has 4 rings (SSSR count). The Hall–Kier alpha value is -1.56. The molecule has 5 nitrogen and oxygen atoms in total. The van der Waals surface area contributed by atoms with Gasteiger partial charge in [0.1, 0.15) is 0 Å². The number of likely N-dealkylation sites (tertiary alicyclic amines) is 1. The Labute approximate surface area is 153 Å². The van der Waals surface area contributed by atoms with Gasteiger partial charge in [0.15, 0.2) is 0 Å². The molecule has 6 heteroatoms. The second-order valence-electron chi connectivity index (χ2n) is 7.45. The predicted octanol–water partition coefficient (Wildman–Crippen LogP) is 3.04. The number of hydrogen-bond acceptors (Lipinski definition) is 3. The van der Waals surface area contributed by atoms with E-state index in [9.17, 15) is 9.59 Å². The van der Waals surface area contributed by atoms with Crippen molar-refractivity contribution in [2.24, 2.45) is 0 Å². The number of rotatable bonds is 2. The molecule has 136 valence electrons. The molecular formula is C19H27N3O2S. The standard InChI is InChI=1S/C19H27N3O2S/c23-18(17-12-14-6-3-1-2-4-8-16(14)25-17)21-10-5-7-15(13-21)22-11-9-20-19(22)24/h12,15H,1-11,13H2,(H,20,24)/t15-/m1/s1. The van der Waals surface area contributed by atoms with Gasteiger partial charge in [-0.25, -0.2) is 4.79 Å². The quantitative estimate of drug-likeness (QED) is 0.880. The molecule has 0 unspecified atom stereocenters. The van der Waals surface area contributed by atoms with Gasteiger partial charge in [0, 0.05) is 31.1 Å². The van der Waals surface area contributed by atoms with Gasteiger partial charge in [-0.3, -0.25) is 4.79 Å². The van der Waals surface area contributed by atoms with Gasteiger partial charge in [-0.2, -0.15) is 0 Å². The average Bonchev–Trinajstić information content (AvgIpc) is 3.20. The maximum absolute atomic E-state index is 13.0. The third kappa shape index (κ3) is 3.54. The summed E-state index contributed by atoms with van der Waals surface area (Å²) in [6, 6.07) is 2.35. The van der Waals surface area contributed by atoms with Crippen LogP contribution in [0.1, 0.15) is 58.6 Å². The highest BCUT2D eigenvalue weighted by Crippen LogP contribution is 2.30. The lowest BCUT2D eigenvalue weighted by molar-refractivity contribution is 0.0639. The Morgan fingerprint density at radius 2 is 1.96 bits per heavy atom. The van der Waals surface area contributed by atoms with E-state index in [4.69, 9.17) is 0 Å². The maximum atomic E-state index is 13.0. The van der Waals surface area contributed by atoms with Gasteiger partial charge < -0.3 is 15.1 Å². The van der Waals surface area contributed by atoms with Gasteiger partial charge in [0.05, 0.1) is 10.9 Å². The first-order valence-corrected chi connectivity index (χ1v) is 10.5. The second-order valence-corrected chi connectivity index (χ2v) is 8.58. The summed E-state index contributed by atoms with van der Waals surface area (Å²) in [6.07, 6.45) is 9.34. The van der Waals surface area contributed by atoms with Crippen LogP contribution in [0.4, 0.5) is 4.79 Å². The molecule has 3 aliphatic rings. The smallest absolute Gasteiger partial charge is 0.317 e. The average molecular weight is 362 g/mol. The van der Waals surface area contributed by atoms with E-state index >= 15 is 0 Å². The van der Waals surface area contributed by atoms with E-state index in [1.54, 1.807) is 11.3 Å². The minimum atomic E-state index is 0.0263. The minimum absolute atomic E-state index is 0.0263. The number of carbonyl (C=O) groups is 2. The zero-order chi connectivity index (χ0) is 17.2. The summed E-state index contributed by atoms with van der Waals surface area (Å²) in [4.78, 5) is 31.2. The molecule has 0 spiro atoms. The fraction of sp³-hybridized carbons (Fsp3) is 0.684. The summed E-state index contributed by atoms with van der Waals surface area (Å²) < 4.78 is 0. The molecule has 2 aliphatic heterocycles. The van der Waals surface area contributed by atoms with E-state index in [1.807, 2.05) is 9.80 Å². The van der Waals surface area contributed by atoms with E-state index in [0.29, 0.717) is 6.54 Å². The first-order valence-electron chi connectivity index (χ1n) is 9.68. The van der Waals surface area contributed by atoms with Crippen molar-refractivity contribution in [3.05, 3.63) is 21.4 Å². The van der Waals surface area contributed by atoms with Gasteiger partial charge in [0.25, 0.3) is 5.91 Å². The molecule has 0 radical (unpaired) electrons. The number of thiophene rings is 1. The van der Waals surface area contributed by atoms with Crippen LogP contribution in [-0.2, 0) is 12.8 Å². The van der Waals surface area contributed by atoms with Crippen LogP contribution < -0.4 is 5.32 Å². The zero-order valence-corrected chi connectivity index (χ0v) is 15.6. The number of hydrogen-bond donors (Lipinski definition) is 1. The second kappa shape index (κ2) is 7.36. The number of piperidine rings is 1. The molecule has 3 amide bonds. The molecule has 1 N–H and O–H groups in total. The van der Waals surface area contributed by atoms with Crippen LogP contribution in [-0.4, -0.2) is 54.0 Å². The maximum Gasteiger partial charge on any atom is 0.317 e. The van der Waals surface area contributed by atoms with Crippen LogP contribution in [0.2, 0.25) is 0 Å². The number of fused-ring (bicyclic) bond motifs is 1. The number of carbonyl (C=O) groups excluding carboxylic acids is 2. The third-order valence-electron chi connectivity index (χ3n) is 5.72. The fourth-order valence-electron chi connectivity index (χ4n) is 4.33. The van der Waals surface area contributed by atoms with Crippen LogP contribution in [0.3, 0.4) is 0 Å². The van der Waals surface area contributed by atoms with Crippen LogP contribution in [0.25, 0.3) is 0 Å². The number of nitrogens with zero attached hydrogens (tertiary/aromatic N) is 2. The number of aryl methyl sites for hydroxylation is 2. The highest BCUT2D eigenvalue weighted by atomic mass is 32.1. The van der Waals surface area contributed by atoms with Crippen molar-refractivity contribution >= 4 is 23.3 Å². The summed E-state index contributed by atoms with van der Waals surface area (Å²) in [5, 5.41) is 2.87. The van der Waals surface area contributed by atoms with Crippen molar-refractivity contribution in [2.45, 2.75) is 57.4 Å². The Kier molecular flexibility index (Phi) is 4.97. The first-order chi connectivity index (χ1) is 12.2. The Morgan fingerprint density at radius 3 is 2.76 bits per heavy atom. The van der Waals surface area contributed by atoms with Crippen molar-refractivity contribution in [1.82, 2.24) is 15.1 Å². The highest BCUT2D eigenvalue weighted by molar-refractivity contribution is 7.14. The molecule has 25 heavy (non-hydrogen) atoms. The normalized spacial score (nSPS) is 24.5. The first kappa shape index (κ1) is 16.9. The highest BCUT2D eigenvalue weighted by Gasteiger charge is 2.33. The Morgan fingerprint density at radius 1 is 1.12 bits per heavy atom. The number of amides is 3. The largest absolute Gasteiger partial charge is 0.336 e. The molecule has 1 atom stereocenters. The van der Waals surface area contributed by atoms with Crippen molar-refractivity contribution < 1.29 is 9.59 Å². The molecule has 1 aromatic rings. The summed E-state index contributed by atoms with van der Waals surface area (Å²) >= 11 is 1.71. The Bertz CT molecular complexity index is 632. The monoisotopic (exact) mass is 361 g/mol. The fourth-order valence-corrected chi connectivity index (χ4v) is 5.56. The SMILES string of the molecule is O=C(c1cc2c(s1)CCCCCC2)N1CCC[C@@H](N2CCNC2=O)C1. The van der Waals surface area contributed by atoms with E-state index in [1.165, 1.54) is 36.1 Å². The summed E-state index contributed by atoms with van der Waals surface area (Å²) in [5.74, 6) is 0.168.